The van der Waals surface area contributed by atoms with E-state index in [0.717, 1.165) is 35.1 Å². The molecule has 1 aliphatic carbocycles. The van der Waals surface area contributed by atoms with E-state index in [4.69, 9.17) is 20.2 Å². The lowest BCUT2D eigenvalue weighted by Crippen LogP contribution is -2.18. The van der Waals surface area contributed by atoms with E-state index in [1.54, 1.807) is 0 Å². The number of pyridine rings is 1. The topological polar surface area (TPSA) is 88.1 Å². The minimum Gasteiger partial charge on any atom is -0.491 e. The Labute approximate surface area is 186 Å². The second kappa shape index (κ2) is 8.06. The molecule has 1 aliphatic heterocycles. The highest BCUT2D eigenvalue weighted by Gasteiger charge is 2.28. The molecular formula is C25H27N5O2. The number of ether oxygens (including phenoxy) is 2. The first-order valence-electron chi connectivity index (χ1n) is 11.5. The third-order valence-electron chi connectivity index (χ3n) is 6.87. The number of nitrogen functional groups attached to an aromatic ring is 1. The molecule has 2 atom stereocenters. The van der Waals surface area contributed by atoms with Crippen molar-refractivity contribution in [2.24, 2.45) is 0 Å². The lowest BCUT2D eigenvalue weighted by molar-refractivity contribution is -0.0156. The maximum Gasteiger partial charge on any atom is 0.147 e. The van der Waals surface area contributed by atoms with Gasteiger partial charge < -0.3 is 19.8 Å². The molecule has 2 fully saturated rings. The van der Waals surface area contributed by atoms with Gasteiger partial charge in [0.15, 0.2) is 0 Å². The Morgan fingerprint density at radius 1 is 1.03 bits per heavy atom. The minimum atomic E-state index is -0.0670. The van der Waals surface area contributed by atoms with E-state index in [-0.39, 0.29) is 12.3 Å². The van der Waals surface area contributed by atoms with E-state index in [9.17, 15) is 0 Å². The number of hydrogen-bond donors (Lipinski definition) is 1. The third kappa shape index (κ3) is 3.56. The Morgan fingerprint density at radius 2 is 1.94 bits per heavy atom. The van der Waals surface area contributed by atoms with E-state index in [0.29, 0.717) is 18.3 Å². The largest absolute Gasteiger partial charge is 0.491 e. The van der Waals surface area contributed by atoms with Gasteiger partial charge in [-0.3, -0.25) is 4.98 Å². The maximum absolute atomic E-state index is 6.26. The molecular weight excluding hydrogens is 402 g/mol. The van der Waals surface area contributed by atoms with Gasteiger partial charge in [-0.2, -0.15) is 0 Å². The van der Waals surface area contributed by atoms with E-state index >= 15 is 0 Å². The molecule has 3 aromatic heterocycles. The van der Waals surface area contributed by atoms with Crippen molar-refractivity contribution < 1.29 is 9.47 Å². The number of fused-ring (bicyclic) bond motifs is 2. The third-order valence-corrected chi connectivity index (χ3v) is 6.87. The molecule has 0 amide bonds. The molecule has 0 spiro atoms. The van der Waals surface area contributed by atoms with E-state index < -0.39 is 0 Å². The van der Waals surface area contributed by atoms with Crippen LogP contribution < -0.4 is 10.5 Å². The molecule has 7 nitrogen and oxygen atoms in total. The smallest absolute Gasteiger partial charge is 0.147 e. The Kier molecular flexibility index (Phi) is 4.91. The zero-order chi connectivity index (χ0) is 21.5. The summed E-state index contributed by atoms with van der Waals surface area (Å²) in [6.07, 6.45) is 12.6. The Bertz CT molecular complexity index is 1260. The first-order chi connectivity index (χ1) is 15.7. The average molecular weight is 430 g/mol. The van der Waals surface area contributed by atoms with Crippen molar-refractivity contribution in [2.75, 3.05) is 12.3 Å². The SMILES string of the molecule is Nc1ncnc2c1ccn2[C@H]1CC[C@@H](COc2ccc3cc(C4CCCC4)cnc3c2)O1. The molecule has 32 heavy (non-hydrogen) atoms. The molecule has 0 radical (unpaired) electrons. The van der Waals surface area contributed by atoms with Crippen molar-refractivity contribution in [3.8, 4) is 5.75 Å². The summed E-state index contributed by atoms with van der Waals surface area (Å²) in [6.45, 7) is 0.512. The van der Waals surface area contributed by atoms with Crippen LogP contribution in [0.2, 0.25) is 0 Å². The first kappa shape index (κ1) is 19.5. The summed E-state index contributed by atoms with van der Waals surface area (Å²) in [5.74, 6) is 2.00. The molecule has 1 saturated heterocycles. The van der Waals surface area contributed by atoms with Gasteiger partial charge in [0.25, 0.3) is 0 Å². The molecule has 0 unspecified atom stereocenters. The van der Waals surface area contributed by atoms with Crippen LogP contribution in [0.25, 0.3) is 21.9 Å². The molecule has 0 bridgehead atoms. The molecule has 1 saturated carbocycles. The fourth-order valence-electron chi connectivity index (χ4n) is 5.12. The second-order valence-corrected chi connectivity index (χ2v) is 8.92. The lowest BCUT2D eigenvalue weighted by Gasteiger charge is -2.16. The number of hydrogen-bond acceptors (Lipinski definition) is 6. The summed E-state index contributed by atoms with van der Waals surface area (Å²) in [4.78, 5) is 13.1. The van der Waals surface area contributed by atoms with Crippen molar-refractivity contribution in [2.45, 2.75) is 56.8 Å². The van der Waals surface area contributed by atoms with Gasteiger partial charge in [-0.15, -0.1) is 0 Å². The second-order valence-electron chi connectivity index (χ2n) is 8.92. The standard InChI is InChI=1S/C25H27N5O2/c26-24-21-9-10-30(25(21)29-15-28-24)23-8-7-20(32-23)14-31-19-6-5-17-11-18(13-27-22(17)12-19)16-3-1-2-4-16/h5-6,9-13,15-16,20,23H,1-4,7-8,14H2,(H2,26,28,29)/t20-,23+/m0/s1. The van der Waals surface area contributed by atoms with E-state index in [1.807, 2.05) is 35.2 Å². The lowest BCUT2D eigenvalue weighted by atomic mass is 9.98. The normalized spacial score (nSPS) is 21.6. The zero-order valence-corrected chi connectivity index (χ0v) is 18.0. The Morgan fingerprint density at radius 3 is 2.84 bits per heavy atom. The number of benzene rings is 1. The predicted molar refractivity (Wildman–Crippen MR) is 124 cm³/mol. The predicted octanol–water partition coefficient (Wildman–Crippen LogP) is 4.98. The van der Waals surface area contributed by atoms with E-state index in [2.05, 4.69) is 22.1 Å². The van der Waals surface area contributed by atoms with Crippen molar-refractivity contribution in [1.29, 1.82) is 0 Å². The average Bonchev–Trinajstić information content (AvgIpc) is 3.58. The first-order valence-corrected chi connectivity index (χ1v) is 11.5. The Balaban J connectivity index is 1.11. The molecule has 7 heteroatoms. The molecule has 1 aromatic carbocycles. The summed E-state index contributed by atoms with van der Waals surface area (Å²) >= 11 is 0. The zero-order valence-electron chi connectivity index (χ0n) is 18.0. The molecule has 164 valence electrons. The molecule has 4 aromatic rings. The minimum absolute atomic E-state index is 0.0324. The number of aromatic nitrogens is 4. The highest BCUT2D eigenvalue weighted by Crippen LogP contribution is 2.35. The van der Waals surface area contributed by atoms with Gasteiger partial charge >= 0.3 is 0 Å². The fourth-order valence-corrected chi connectivity index (χ4v) is 5.12. The maximum atomic E-state index is 6.26. The van der Waals surface area contributed by atoms with Crippen LogP contribution in [0.1, 0.15) is 56.2 Å². The fraction of sp³-hybridized carbons (Fsp3) is 0.400. The Hall–Kier alpha value is -3.19. The van der Waals surface area contributed by atoms with Crippen LogP contribution in [0, 0.1) is 0 Å². The van der Waals surface area contributed by atoms with Crippen molar-refractivity contribution in [3.63, 3.8) is 0 Å². The highest BCUT2D eigenvalue weighted by molar-refractivity contribution is 5.86. The van der Waals surface area contributed by atoms with E-state index in [1.165, 1.54) is 43.0 Å². The van der Waals surface area contributed by atoms with Crippen LogP contribution in [-0.4, -0.2) is 32.2 Å². The summed E-state index contributed by atoms with van der Waals surface area (Å²) in [5.41, 5.74) is 9.11. The summed E-state index contributed by atoms with van der Waals surface area (Å²) in [5, 5.41) is 2.04. The van der Waals surface area contributed by atoms with Crippen LogP contribution in [0.3, 0.4) is 0 Å². The molecule has 4 heterocycles. The summed E-state index contributed by atoms with van der Waals surface area (Å²) in [7, 11) is 0. The van der Waals surface area contributed by atoms with Crippen LogP contribution in [-0.2, 0) is 4.74 Å². The number of anilines is 1. The van der Waals surface area contributed by atoms with Crippen LogP contribution >= 0.6 is 0 Å². The van der Waals surface area contributed by atoms with Crippen molar-refractivity contribution in [1.82, 2.24) is 19.5 Å². The molecule has 6 rings (SSSR count). The van der Waals surface area contributed by atoms with Gasteiger partial charge in [0.2, 0.25) is 0 Å². The van der Waals surface area contributed by atoms with Crippen LogP contribution in [0.15, 0.2) is 49.1 Å². The van der Waals surface area contributed by atoms with Crippen LogP contribution in [0.4, 0.5) is 5.82 Å². The quantitative estimate of drug-likeness (QED) is 0.482. The van der Waals surface area contributed by atoms with Gasteiger partial charge in [-0.1, -0.05) is 12.8 Å². The number of nitrogens with two attached hydrogens (primary N) is 1. The number of nitrogens with zero attached hydrogens (tertiary/aromatic N) is 4. The van der Waals surface area contributed by atoms with Gasteiger partial charge in [-0.25, -0.2) is 9.97 Å². The summed E-state index contributed by atoms with van der Waals surface area (Å²) in [6, 6.07) is 10.4. The van der Waals surface area contributed by atoms with Gasteiger partial charge in [0, 0.05) is 23.8 Å². The molecule has 2 aliphatic rings. The van der Waals surface area contributed by atoms with Crippen LogP contribution in [0.5, 0.6) is 5.75 Å². The molecule has 2 N–H and O–H groups in total. The summed E-state index contributed by atoms with van der Waals surface area (Å²) < 4.78 is 14.4. The van der Waals surface area contributed by atoms with Crippen molar-refractivity contribution >= 4 is 27.8 Å². The van der Waals surface area contributed by atoms with Gasteiger partial charge in [-0.05, 0) is 61.4 Å². The monoisotopic (exact) mass is 429 g/mol. The van der Waals surface area contributed by atoms with Crippen molar-refractivity contribution in [3.05, 3.63) is 54.6 Å². The number of rotatable bonds is 5. The van der Waals surface area contributed by atoms with Gasteiger partial charge in [0.1, 0.15) is 36.4 Å². The van der Waals surface area contributed by atoms with Gasteiger partial charge in [0.05, 0.1) is 17.0 Å². The highest BCUT2D eigenvalue weighted by atomic mass is 16.6.